The molecule has 7 nitrogen and oxygen atoms in total. The smallest absolute Gasteiger partial charge is 0.341 e. The third-order valence-corrected chi connectivity index (χ3v) is 4.93. The Morgan fingerprint density at radius 3 is 2.81 bits per heavy atom. The number of carboxylic acids is 1. The average Bonchev–Trinajstić information content (AvgIpc) is 3.50. The van der Waals surface area contributed by atoms with Crippen LogP contribution in [0.5, 0.6) is 5.88 Å². The van der Waals surface area contributed by atoms with E-state index in [0.717, 1.165) is 37.3 Å². The van der Waals surface area contributed by atoms with Crippen LogP contribution in [0.1, 0.15) is 29.7 Å². The first-order valence-corrected chi connectivity index (χ1v) is 9.42. The molecule has 1 aromatic carbocycles. The minimum Gasteiger partial charge on any atom is -0.479 e. The molecular formula is C20H24N4O3. The number of carbonyl (C=O) groups is 1. The third kappa shape index (κ3) is 4.74. The van der Waals surface area contributed by atoms with Crippen molar-refractivity contribution >= 4 is 11.9 Å². The van der Waals surface area contributed by atoms with Crippen molar-refractivity contribution in [3.8, 4) is 5.88 Å². The van der Waals surface area contributed by atoms with E-state index in [1.807, 2.05) is 18.2 Å². The first kappa shape index (κ1) is 17.7. The second-order valence-electron chi connectivity index (χ2n) is 7.23. The Hall–Kier alpha value is -2.67. The van der Waals surface area contributed by atoms with E-state index >= 15 is 0 Å². The van der Waals surface area contributed by atoms with Gasteiger partial charge in [0.05, 0.1) is 11.3 Å². The molecule has 2 aromatic rings. The van der Waals surface area contributed by atoms with Gasteiger partial charge in [0.1, 0.15) is 0 Å². The molecule has 0 radical (unpaired) electrons. The van der Waals surface area contributed by atoms with E-state index in [1.54, 1.807) is 0 Å². The zero-order chi connectivity index (χ0) is 18.6. The van der Waals surface area contributed by atoms with E-state index in [2.05, 4.69) is 32.3 Å². The van der Waals surface area contributed by atoms with E-state index < -0.39 is 12.6 Å². The van der Waals surface area contributed by atoms with E-state index in [1.165, 1.54) is 18.4 Å². The number of anilines is 1. The topological polar surface area (TPSA) is 87.6 Å². The van der Waals surface area contributed by atoms with Crippen LogP contribution in [0.25, 0.3) is 0 Å². The number of aliphatic carboxylic acids is 1. The maximum atomic E-state index is 11.0. The standard InChI is InChI=1S/C20H24N4O3/c25-18(26)13-27-19-16-12-24(11-15-4-2-1-3-5-15)9-8-17(16)22-20(23-19)21-10-14-6-7-14/h1-5,14H,6-13H2,(H,25,26)(H,21,22,23). The highest BCUT2D eigenvalue weighted by atomic mass is 16.5. The predicted molar refractivity (Wildman–Crippen MR) is 101 cm³/mol. The molecule has 27 heavy (non-hydrogen) atoms. The molecule has 0 saturated heterocycles. The SMILES string of the molecule is O=C(O)COc1nc(NCC2CC2)nc2c1CN(Cc1ccccc1)CC2. The molecule has 2 aliphatic rings. The van der Waals surface area contributed by atoms with E-state index in [4.69, 9.17) is 9.84 Å². The molecule has 0 amide bonds. The highest BCUT2D eigenvalue weighted by Crippen LogP contribution is 2.30. The van der Waals surface area contributed by atoms with Gasteiger partial charge in [0.2, 0.25) is 11.8 Å². The van der Waals surface area contributed by atoms with Gasteiger partial charge in [-0.15, -0.1) is 0 Å². The number of ether oxygens (including phenoxy) is 1. The van der Waals surface area contributed by atoms with Crippen LogP contribution >= 0.6 is 0 Å². The van der Waals surface area contributed by atoms with Crippen LogP contribution in [0.4, 0.5) is 5.95 Å². The van der Waals surface area contributed by atoms with Crippen LogP contribution in [0.3, 0.4) is 0 Å². The molecule has 2 heterocycles. The van der Waals surface area contributed by atoms with Crippen molar-refractivity contribution in [2.24, 2.45) is 5.92 Å². The normalized spacial score (nSPS) is 16.6. The minimum absolute atomic E-state index is 0.387. The molecule has 1 aromatic heterocycles. The maximum Gasteiger partial charge on any atom is 0.341 e. The number of rotatable bonds is 8. The average molecular weight is 368 g/mol. The number of nitrogens with one attached hydrogen (secondary N) is 1. The molecule has 4 rings (SSSR count). The number of hydrogen-bond acceptors (Lipinski definition) is 6. The lowest BCUT2D eigenvalue weighted by Gasteiger charge is -2.29. The zero-order valence-corrected chi connectivity index (χ0v) is 15.2. The molecule has 7 heteroatoms. The number of nitrogens with zero attached hydrogens (tertiary/aromatic N) is 3. The summed E-state index contributed by atoms with van der Waals surface area (Å²) in [5.41, 5.74) is 3.10. The van der Waals surface area contributed by atoms with E-state index in [-0.39, 0.29) is 0 Å². The van der Waals surface area contributed by atoms with Crippen molar-refractivity contribution in [2.75, 3.05) is 25.0 Å². The van der Waals surface area contributed by atoms with Crippen LogP contribution in [0.2, 0.25) is 0 Å². The van der Waals surface area contributed by atoms with Crippen molar-refractivity contribution in [2.45, 2.75) is 32.4 Å². The highest BCUT2D eigenvalue weighted by Gasteiger charge is 2.25. The monoisotopic (exact) mass is 368 g/mol. The van der Waals surface area contributed by atoms with Gasteiger partial charge < -0.3 is 15.2 Å². The number of fused-ring (bicyclic) bond motifs is 1. The Kier molecular flexibility index (Phi) is 5.20. The summed E-state index contributed by atoms with van der Waals surface area (Å²) >= 11 is 0. The number of benzene rings is 1. The molecular weight excluding hydrogens is 344 g/mol. The second kappa shape index (κ2) is 7.92. The Labute approximate surface area is 158 Å². The molecule has 1 aliphatic heterocycles. The number of aromatic nitrogens is 2. The molecule has 0 atom stereocenters. The van der Waals surface area contributed by atoms with Gasteiger partial charge in [-0.3, -0.25) is 4.90 Å². The van der Waals surface area contributed by atoms with Crippen LogP contribution < -0.4 is 10.1 Å². The third-order valence-electron chi connectivity index (χ3n) is 4.93. The molecule has 0 bridgehead atoms. The largest absolute Gasteiger partial charge is 0.479 e. The molecule has 0 unspecified atom stereocenters. The van der Waals surface area contributed by atoms with Gasteiger partial charge in [-0.25, -0.2) is 9.78 Å². The van der Waals surface area contributed by atoms with Gasteiger partial charge >= 0.3 is 5.97 Å². The summed E-state index contributed by atoms with van der Waals surface area (Å²) in [5.74, 6) is 0.622. The van der Waals surface area contributed by atoms with Crippen molar-refractivity contribution < 1.29 is 14.6 Å². The fraction of sp³-hybridized carbons (Fsp3) is 0.450. The van der Waals surface area contributed by atoms with Crippen molar-refractivity contribution in [3.05, 3.63) is 47.2 Å². The summed E-state index contributed by atoms with van der Waals surface area (Å²) in [5, 5.41) is 12.3. The summed E-state index contributed by atoms with van der Waals surface area (Å²) in [6, 6.07) is 10.3. The lowest BCUT2D eigenvalue weighted by atomic mass is 10.1. The number of hydrogen-bond donors (Lipinski definition) is 2. The summed E-state index contributed by atoms with van der Waals surface area (Å²) in [6.45, 7) is 2.85. The molecule has 2 N–H and O–H groups in total. The van der Waals surface area contributed by atoms with Gasteiger partial charge in [0.25, 0.3) is 0 Å². The minimum atomic E-state index is -1.01. The van der Waals surface area contributed by atoms with Crippen LogP contribution in [0, 0.1) is 5.92 Å². The summed E-state index contributed by atoms with van der Waals surface area (Å²) in [6.07, 6.45) is 3.29. The fourth-order valence-electron chi connectivity index (χ4n) is 3.30. The Morgan fingerprint density at radius 2 is 2.07 bits per heavy atom. The van der Waals surface area contributed by atoms with Crippen molar-refractivity contribution in [1.82, 2.24) is 14.9 Å². The molecule has 0 spiro atoms. The van der Waals surface area contributed by atoms with Gasteiger partial charge in [-0.05, 0) is 24.3 Å². The molecule has 1 fully saturated rings. The Bertz CT molecular complexity index is 808. The molecule has 1 aliphatic carbocycles. The maximum absolute atomic E-state index is 11.0. The Balaban J connectivity index is 1.52. The van der Waals surface area contributed by atoms with Gasteiger partial charge in [-0.2, -0.15) is 4.98 Å². The van der Waals surface area contributed by atoms with E-state index in [9.17, 15) is 4.79 Å². The summed E-state index contributed by atoms with van der Waals surface area (Å²) in [4.78, 5) is 22.4. The Morgan fingerprint density at radius 1 is 1.26 bits per heavy atom. The van der Waals surface area contributed by atoms with Crippen LogP contribution in [0.15, 0.2) is 30.3 Å². The summed E-state index contributed by atoms with van der Waals surface area (Å²) in [7, 11) is 0. The van der Waals surface area contributed by atoms with Crippen molar-refractivity contribution in [3.63, 3.8) is 0 Å². The first-order chi connectivity index (χ1) is 13.2. The molecule has 142 valence electrons. The quantitative estimate of drug-likeness (QED) is 0.739. The second-order valence-corrected chi connectivity index (χ2v) is 7.23. The predicted octanol–water partition coefficient (Wildman–Crippen LogP) is 2.32. The number of carboxylic acid groups (broad SMARTS) is 1. The first-order valence-electron chi connectivity index (χ1n) is 9.42. The van der Waals surface area contributed by atoms with E-state index in [0.29, 0.717) is 24.3 Å². The van der Waals surface area contributed by atoms with Crippen LogP contribution in [-0.4, -0.2) is 45.6 Å². The lowest BCUT2D eigenvalue weighted by Crippen LogP contribution is -2.32. The summed E-state index contributed by atoms with van der Waals surface area (Å²) < 4.78 is 5.51. The molecule has 1 saturated carbocycles. The fourth-order valence-corrected chi connectivity index (χ4v) is 3.30. The van der Waals surface area contributed by atoms with Gasteiger partial charge in [0, 0.05) is 32.6 Å². The van der Waals surface area contributed by atoms with Crippen molar-refractivity contribution in [1.29, 1.82) is 0 Å². The highest BCUT2D eigenvalue weighted by molar-refractivity contribution is 5.68. The zero-order valence-electron chi connectivity index (χ0n) is 15.2. The lowest BCUT2D eigenvalue weighted by molar-refractivity contribution is -0.139. The van der Waals surface area contributed by atoms with Gasteiger partial charge in [-0.1, -0.05) is 30.3 Å². The van der Waals surface area contributed by atoms with Gasteiger partial charge in [0.15, 0.2) is 6.61 Å². The van der Waals surface area contributed by atoms with Crippen LogP contribution in [-0.2, 0) is 24.3 Å².